The Bertz CT molecular complexity index is 842. The van der Waals surface area contributed by atoms with E-state index in [2.05, 4.69) is 5.32 Å². The molecule has 1 amide bonds. The van der Waals surface area contributed by atoms with E-state index >= 15 is 0 Å². The van der Waals surface area contributed by atoms with Crippen molar-refractivity contribution in [1.82, 2.24) is 0 Å². The van der Waals surface area contributed by atoms with Gasteiger partial charge in [-0.3, -0.25) is 4.79 Å². The number of ether oxygens (including phenoxy) is 2. The number of benzene rings is 1. The third-order valence-corrected chi connectivity index (χ3v) is 5.47. The number of fused-ring (bicyclic) bond motifs is 1. The number of rotatable bonds is 4. The minimum Gasteiger partial charge on any atom is -0.462 e. The topological polar surface area (TPSA) is 64.6 Å². The van der Waals surface area contributed by atoms with Crippen molar-refractivity contribution in [2.75, 3.05) is 11.9 Å². The number of anilines is 1. The van der Waals surface area contributed by atoms with Crippen molar-refractivity contribution in [1.29, 1.82) is 0 Å². The summed E-state index contributed by atoms with van der Waals surface area (Å²) in [5.74, 6) is -0.722. The molecule has 1 aliphatic heterocycles. The highest BCUT2D eigenvalue weighted by molar-refractivity contribution is 7.17. The number of halogens is 1. The fraction of sp³-hybridized carbons (Fsp3) is 0.368. The van der Waals surface area contributed by atoms with Crippen LogP contribution in [0.4, 0.5) is 5.00 Å². The first-order valence-electron chi connectivity index (χ1n) is 8.33. The summed E-state index contributed by atoms with van der Waals surface area (Å²) >= 11 is 7.23. The minimum absolute atomic E-state index is 0.272. The summed E-state index contributed by atoms with van der Waals surface area (Å²) in [5.41, 5.74) is 1.43. The number of carbonyl (C=O) groups excluding carboxylic acids is 2. The summed E-state index contributed by atoms with van der Waals surface area (Å²) in [6.07, 6.45) is 0.587. The molecule has 1 aliphatic rings. The van der Waals surface area contributed by atoms with Crippen LogP contribution in [0.5, 0.6) is 0 Å². The van der Waals surface area contributed by atoms with Crippen LogP contribution in [0.3, 0.4) is 0 Å². The van der Waals surface area contributed by atoms with Gasteiger partial charge in [0, 0.05) is 21.9 Å². The molecule has 0 aliphatic carbocycles. The zero-order valence-corrected chi connectivity index (χ0v) is 16.4. The zero-order valence-electron chi connectivity index (χ0n) is 14.8. The maximum absolute atomic E-state index is 12.6. The summed E-state index contributed by atoms with van der Waals surface area (Å²) in [6, 6.07) is 6.58. The average molecular weight is 394 g/mol. The smallest absolute Gasteiger partial charge is 0.341 e. The van der Waals surface area contributed by atoms with E-state index in [4.69, 9.17) is 21.1 Å². The number of amides is 1. The van der Waals surface area contributed by atoms with Crippen LogP contribution in [0.1, 0.15) is 51.9 Å². The Morgan fingerprint density at radius 2 is 2.00 bits per heavy atom. The lowest BCUT2D eigenvalue weighted by Crippen LogP contribution is -2.32. The van der Waals surface area contributed by atoms with Crippen molar-refractivity contribution in [3.8, 4) is 0 Å². The highest BCUT2D eigenvalue weighted by Gasteiger charge is 2.34. The second kappa shape index (κ2) is 7.39. The van der Waals surface area contributed by atoms with Crippen LogP contribution < -0.4 is 5.32 Å². The summed E-state index contributed by atoms with van der Waals surface area (Å²) in [4.78, 5) is 26.1. The Morgan fingerprint density at radius 1 is 1.31 bits per heavy atom. The zero-order chi connectivity index (χ0) is 18.9. The summed E-state index contributed by atoms with van der Waals surface area (Å²) in [7, 11) is 0. The first kappa shape index (κ1) is 18.9. The van der Waals surface area contributed by atoms with Crippen LogP contribution in [-0.2, 0) is 22.5 Å². The van der Waals surface area contributed by atoms with Gasteiger partial charge in [0.15, 0.2) is 0 Å². The van der Waals surface area contributed by atoms with E-state index in [0.717, 1.165) is 10.4 Å². The van der Waals surface area contributed by atoms with E-state index in [1.807, 2.05) is 13.8 Å². The van der Waals surface area contributed by atoms with Crippen molar-refractivity contribution < 1.29 is 19.1 Å². The molecule has 1 N–H and O–H groups in total. The number of carbonyl (C=O) groups is 2. The molecule has 138 valence electrons. The maximum Gasteiger partial charge on any atom is 0.341 e. The Morgan fingerprint density at radius 3 is 2.65 bits per heavy atom. The van der Waals surface area contributed by atoms with Crippen molar-refractivity contribution in [3.63, 3.8) is 0 Å². The number of hydrogen-bond donors (Lipinski definition) is 1. The van der Waals surface area contributed by atoms with Gasteiger partial charge in [-0.05, 0) is 50.6 Å². The molecule has 0 radical (unpaired) electrons. The lowest BCUT2D eigenvalue weighted by Gasteiger charge is -2.30. The van der Waals surface area contributed by atoms with Crippen molar-refractivity contribution in [3.05, 3.63) is 50.9 Å². The highest BCUT2D eigenvalue weighted by atomic mass is 35.5. The van der Waals surface area contributed by atoms with Crippen LogP contribution in [0.15, 0.2) is 24.3 Å². The second-order valence-corrected chi connectivity index (χ2v) is 8.16. The monoisotopic (exact) mass is 393 g/mol. The molecule has 2 heterocycles. The SMILES string of the molecule is CCOC(=O)c1c(NC(=O)c2ccc(Cl)cc2)sc2c1CC(C)(C)OC2. The first-order valence-corrected chi connectivity index (χ1v) is 9.52. The molecule has 1 aromatic carbocycles. The van der Waals surface area contributed by atoms with Gasteiger partial charge in [0.05, 0.1) is 24.4 Å². The van der Waals surface area contributed by atoms with Gasteiger partial charge in [-0.15, -0.1) is 11.3 Å². The quantitative estimate of drug-likeness (QED) is 0.766. The molecule has 0 saturated heterocycles. The van der Waals surface area contributed by atoms with E-state index in [0.29, 0.717) is 34.2 Å². The highest BCUT2D eigenvalue weighted by Crippen LogP contribution is 2.41. The molecule has 26 heavy (non-hydrogen) atoms. The van der Waals surface area contributed by atoms with E-state index in [-0.39, 0.29) is 18.1 Å². The summed E-state index contributed by atoms with van der Waals surface area (Å²) in [5, 5.41) is 3.90. The van der Waals surface area contributed by atoms with Crippen molar-refractivity contribution in [2.45, 2.75) is 39.4 Å². The summed E-state index contributed by atoms with van der Waals surface area (Å²) in [6.45, 7) is 6.41. The minimum atomic E-state index is -0.422. The van der Waals surface area contributed by atoms with E-state index in [1.165, 1.54) is 11.3 Å². The molecule has 5 nitrogen and oxygen atoms in total. The van der Waals surface area contributed by atoms with Gasteiger partial charge in [-0.2, -0.15) is 0 Å². The molecule has 3 rings (SSSR count). The molecule has 0 fully saturated rings. The van der Waals surface area contributed by atoms with Gasteiger partial charge in [0.2, 0.25) is 0 Å². The molecule has 1 aromatic heterocycles. The largest absolute Gasteiger partial charge is 0.462 e. The Labute approximate surface area is 161 Å². The van der Waals surface area contributed by atoms with Crippen LogP contribution in [0, 0.1) is 0 Å². The van der Waals surface area contributed by atoms with Crippen LogP contribution in [0.2, 0.25) is 5.02 Å². The predicted molar refractivity (Wildman–Crippen MR) is 102 cm³/mol. The van der Waals surface area contributed by atoms with Crippen LogP contribution in [0.25, 0.3) is 0 Å². The van der Waals surface area contributed by atoms with Gasteiger partial charge in [0.1, 0.15) is 5.00 Å². The number of hydrogen-bond acceptors (Lipinski definition) is 5. The molecule has 0 spiro atoms. The number of thiophene rings is 1. The van der Waals surface area contributed by atoms with Gasteiger partial charge in [-0.1, -0.05) is 11.6 Å². The third-order valence-electron chi connectivity index (χ3n) is 4.10. The average Bonchev–Trinajstić information content (AvgIpc) is 2.91. The third kappa shape index (κ3) is 3.92. The van der Waals surface area contributed by atoms with Crippen molar-refractivity contribution >= 4 is 39.8 Å². The standard InChI is InChI=1S/C19H20ClNO4S/c1-4-24-18(23)15-13-9-19(2,3)25-10-14(13)26-17(15)21-16(22)11-5-7-12(20)8-6-11/h5-8H,4,9-10H2,1-3H3,(H,21,22). The Balaban J connectivity index is 1.96. The van der Waals surface area contributed by atoms with E-state index < -0.39 is 5.97 Å². The lowest BCUT2D eigenvalue weighted by molar-refractivity contribution is -0.0384. The van der Waals surface area contributed by atoms with E-state index in [9.17, 15) is 9.59 Å². The molecule has 0 saturated carbocycles. The van der Waals surface area contributed by atoms with Crippen LogP contribution in [-0.4, -0.2) is 24.1 Å². The molecule has 0 atom stereocenters. The predicted octanol–water partition coefficient (Wildman–Crippen LogP) is 4.68. The second-order valence-electron chi connectivity index (χ2n) is 6.61. The maximum atomic E-state index is 12.6. The Hall–Kier alpha value is -1.89. The molecule has 0 bridgehead atoms. The van der Waals surface area contributed by atoms with Crippen LogP contribution >= 0.6 is 22.9 Å². The molecule has 7 heteroatoms. The van der Waals surface area contributed by atoms with Gasteiger partial charge < -0.3 is 14.8 Å². The Kier molecular flexibility index (Phi) is 5.37. The first-order chi connectivity index (χ1) is 12.3. The molecule has 0 unspecified atom stereocenters. The molecular formula is C19H20ClNO4S. The number of esters is 1. The molecular weight excluding hydrogens is 374 g/mol. The van der Waals surface area contributed by atoms with E-state index in [1.54, 1.807) is 31.2 Å². The molecule has 2 aromatic rings. The fourth-order valence-corrected chi connectivity index (χ4v) is 4.08. The number of nitrogens with one attached hydrogen (secondary N) is 1. The normalized spacial score (nSPS) is 15.2. The fourth-order valence-electron chi connectivity index (χ4n) is 2.84. The summed E-state index contributed by atoms with van der Waals surface area (Å²) < 4.78 is 11.1. The van der Waals surface area contributed by atoms with Gasteiger partial charge in [0.25, 0.3) is 5.91 Å². The van der Waals surface area contributed by atoms with Gasteiger partial charge >= 0.3 is 5.97 Å². The van der Waals surface area contributed by atoms with Gasteiger partial charge in [-0.25, -0.2) is 4.79 Å². The lowest BCUT2D eigenvalue weighted by atomic mass is 9.93. The van der Waals surface area contributed by atoms with Crippen molar-refractivity contribution in [2.24, 2.45) is 0 Å².